The summed E-state index contributed by atoms with van der Waals surface area (Å²) in [6.45, 7) is 3.16. The Balaban J connectivity index is 1.62. The second kappa shape index (κ2) is 7.31. The van der Waals surface area contributed by atoms with Gasteiger partial charge in [0.1, 0.15) is 17.3 Å². The van der Waals surface area contributed by atoms with Crippen LogP contribution in [0.3, 0.4) is 0 Å². The molecule has 0 aliphatic heterocycles. The zero-order chi connectivity index (χ0) is 15.9. The molecule has 23 heavy (non-hydrogen) atoms. The summed E-state index contributed by atoms with van der Waals surface area (Å²) in [6, 6.07) is 13.3. The van der Waals surface area contributed by atoms with E-state index in [1.807, 2.05) is 49.4 Å². The highest BCUT2D eigenvalue weighted by atomic mass is 16.5. The molecule has 6 nitrogen and oxygen atoms in total. The zero-order valence-corrected chi connectivity index (χ0v) is 12.8. The van der Waals surface area contributed by atoms with E-state index in [0.29, 0.717) is 24.9 Å². The molecule has 118 valence electrons. The fourth-order valence-electron chi connectivity index (χ4n) is 2.04. The van der Waals surface area contributed by atoms with Crippen molar-refractivity contribution in [1.29, 1.82) is 0 Å². The van der Waals surface area contributed by atoms with Gasteiger partial charge in [0.15, 0.2) is 0 Å². The summed E-state index contributed by atoms with van der Waals surface area (Å²) in [5.74, 6) is 2.93. The van der Waals surface area contributed by atoms with E-state index >= 15 is 0 Å². The molecule has 3 aromatic rings. The lowest BCUT2D eigenvalue weighted by Gasteiger charge is -2.09. The predicted octanol–water partition coefficient (Wildman–Crippen LogP) is 3.82. The second-order valence-corrected chi connectivity index (χ2v) is 4.78. The first kappa shape index (κ1) is 14.9. The van der Waals surface area contributed by atoms with Crippen LogP contribution in [0, 0.1) is 0 Å². The van der Waals surface area contributed by atoms with Gasteiger partial charge >= 0.3 is 0 Å². The smallest absolute Gasteiger partial charge is 0.224 e. The minimum Gasteiger partial charge on any atom is -0.494 e. The van der Waals surface area contributed by atoms with Crippen LogP contribution in [0.2, 0.25) is 0 Å². The zero-order valence-electron chi connectivity index (χ0n) is 12.8. The van der Waals surface area contributed by atoms with Crippen LogP contribution in [0.5, 0.6) is 5.75 Å². The number of furan rings is 1. The fourth-order valence-corrected chi connectivity index (χ4v) is 2.04. The van der Waals surface area contributed by atoms with E-state index in [-0.39, 0.29) is 0 Å². The summed E-state index contributed by atoms with van der Waals surface area (Å²) in [5, 5.41) is 6.36. The van der Waals surface area contributed by atoms with Gasteiger partial charge in [0.25, 0.3) is 0 Å². The molecule has 0 aliphatic rings. The van der Waals surface area contributed by atoms with E-state index in [9.17, 15) is 0 Å². The lowest BCUT2D eigenvalue weighted by molar-refractivity contribution is 0.340. The number of anilines is 3. The van der Waals surface area contributed by atoms with Gasteiger partial charge in [-0.25, -0.2) is 4.98 Å². The average molecular weight is 310 g/mol. The molecule has 0 bridgehead atoms. The molecule has 2 N–H and O–H groups in total. The van der Waals surface area contributed by atoms with Crippen molar-refractivity contribution in [2.75, 3.05) is 17.2 Å². The third kappa shape index (κ3) is 4.23. The summed E-state index contributed by atoms with van der Waals surface area (Å²) in [4.78, 5) is 8.62. The lowest BCUT2D eigenvalue weighted by atomic mass is 10.3. The highest BCUT2D eigenvalue weighted by Gasteiger charge is 2.02. The Morgan fingerprint density at radius 1 is 1.13 bits per heavy atom. The number of rotatable bonds is 7. The van der Waals surface area contributed by atoms with Crippen molar-refractivity contribution in [3.05, 3.63) is 60.7 Å². The Kier molecular flexibility index (Phi) is 4.73. The Bertz CT molecular complexity index is 727. The highest BCUT2D eigenvalue weighted by Crippen LogP contribution is 2.19. The Labute approximate surface area is 134 Å². The summed E-state index contributed by atoms with van der Waals surface area (Å²) in [7, 11) is 0. The maximum absolute atomic E-state index is 5.43. The maximum Gasteiger partial charge on any atom is 0.224 e. The van der Waals surface area contributed by atoms with Gasteiger partial charge in [-0.05, 0) is 49.4 Å². The van der Waals surface area contributed by atoms with Gasteiger partial charge in [-0.15, -0.1) is 0 Å². The van der Waals surface area contributed by atoms with Gasteiger partial charge in [0.2, 0.25) is 5.95 Å². The van der Waals surface area contributed by atoms with Crippen molar-refractivity contribution in [2.24, 2.45) is 0 Å². The molecule has 2 heterocycles. The quantitative estimate of drug-likeness (QED) is 0.691. The topological polar surface area (TPSA) is 72.2 Å². The van der Waals surface area contributed by atoms with Crippen molar-refractivity contribution < 1.29 is 9.15 Å². The maximum atomic E-state index is 5.43. The minimum atomic E-state index is 0.539. The molecule has 0 aliphatic carbocycles. The first-order valence-electron chi connectivity index (χ1n) is 7.42. The SMILES string of the molecule is CCOc1ccc(Nc2ccnc(NCc3ccco3)n2)cc1. The van der Waals surface area contributed by atoms with Crippen molar-refractivity contribution in [3.63, 3.8) is 0 Å². The summed E-state index contributed by atoms with van der Waals surface area (Å²) in [6.07, 6.45) is 3.34. The van der Waals surface area contributed by atoms with E-state index in [4.69, 9.17) is 9.15 Å². The number of aromatic nitrogens is 2. The molecular formula is C17H18N4O2. The van der Waals surface area contributed by atoms with E-state index in [1.165, 1.54) is 0 Å². The molecule has 6 heteroatoms. The van der Waals surface area contributed by atoms with Crippen LogP contribution in [0.1, 0.15) is 12.7 Å². The molecule has 0 radical (unpaired) electrons. The van der Waals surface area contributed by atoms with Crippen molar-refractivity contribution in [1.82, 2.24) is 9.97 Å². The third-order valence-electron chi connectivity index (χ3n) is 3.09. The van der Waals surface area contributed by atoms with E-state index in [0.717, 1.165) is 17.2 Å². The second-order valence-electron chi connectivity index (χ2n) is 4.78. The molecule has 0 unspecified atom stereocenters. The molecule has 0 spiro atoms. The third-order valence-corrected chi connectivity index (χ3v) is 3.09. The van der Waals surface area contributed by atoms with Gasteiger partial charge in [-0.1, -0.05) is 0 Å². The van der Waals surface area contributed by atoms with Gasteiger partial charge in [-0.2, -0.15) is 4.98 Å². The largest absolute Gasteiger partial charge is 0.494 e. The van der Waals surface area contributed by atoms with Crippen LogP contribution in [-0.2, 0) is 6.54 Å². The monoisotopic (exact) mass is 310 g/mol. The van der Waals surface area contributed by atoms with E-state index in [2.05, 4.69) is 20.6 Å². The predicted molar refractivity (Wildman–Crippen MR) is 89.0 cm³/mol. The molecule has 0 atom stereocenters. The number of ether oxygens (including phenoxy) is 1. The van der Waals surface area contributed by atoms with Crippen LogP contribution in [-0.4, -0.2) is 16.6 Å². The summed E-state index contributed by atoms with van der Waals surface area (Å²) in [5.41, 5.74) is 0.934. The van der Waals surface area contributed by atoms with E-state index < -0.39 is 0 Å². The summed E-state index contributed by atoms with van der Waals surface area (Å²) >= 11 is 0. The van der Waals surface area contributed by atoms with Gasteiger partial charge in [-0.3, -0.25) is 0 Å². The van der Waals surface area contributed by atoms with Crippen molar-refractivity contribution >= 4 is 17.5 Å². The highest BCUT2D eigenvalue weighted by molar-refractivity contribution is 5.57. The Morgan fingerprint density at radius 3 is 2.74 bits per heavy atom. The molecule has 0 saturated carbocycles. The van der Waals surface area contributed by atoms with Crippen molar-refractivity contribution in [2.45, 2.75) is 13.5 Å². The van der Waals surface area contributed by atoms with Gasteiger partial charge in [0, 0.05) is 11.9 Å². The van der Waals surface area contributed by atoms with Crippen molar-refractivity contribution in [3.8, 4) is 5.75 Å². The molecule has 0 fully saturated rings. The van der Waals surface area contributed by atoms with E-state index in [1.54, 1.807) is 12.5 Å². The number of nitrogens with zero attached hydrogens (tertiary/aromatic N) is 2. The van der Waals surface area contributed by atoms with Gasteiger partial charge < -0.3 is 19.8 Å². The first-order valence-corrected chi connectivity index (χ1v) is 7.42. The molecule has 2 aromatic heterocycles. The lowest BCUT2D eigenvalue weighted by Crippen LogP contribution is -2.04. The first-order chi connectivity index (χ1) is 11.3. The van der Waals surface area contributed by atoms with Crippen LogP contribution in [0.4, 0.5) is 17.5 Å². The molecular weight excluding hydrogens is 292 g/mol. The Hall–Kier alpha value is -3.02. The number of hydrogen-bond donors (Lipinski definition) is 2. The molecule has 0 amide bonds. The number of nitrogens with one attached hydrogen (secondary N) is 2. The van der Waals surface area contributed by atoms with Crippen LogP contribution in [0.15, 0.2) is 59.3 Å². The minimum absolute atomic E-state index is 0.539. The fraction of sp³-hybridized carbons (Fsp3) is 0.176. The van der Waals surface area contributed by atoms with Crippen LogP contribution >= 0.6 is 0 Å². The summed E-state index contributed by atoms with van der Waals surface area (Å²) < 4.78 is 10.7. The van der Waals surface area contributed by atoms with Crippen LogP contribution < -0.4 is 15.4 Å². The Morgan fingerprint density at radius 2 is 2.00 bits per heavy atom. The standard InChI is InChI=1S/C17H18N4O2/c1-2-22-14-7-5-13(6-8-14)20-16-9-10-18-17(21-16)19-12-15-4-3-11-23-15/h3-11H,2,12H2,1H3,(H2,18,19,20,21). The number of hydrogen-bond acceptors (Lipinski definition) is 6. The average Bonchev–Trinajstić information content (AvgIpc) is 3.09. The normalized spacial score (nSPS) is 10.3. The molecule has 0 saturated heterocycles. The molecule has 3 rings (SSSR count). The van der Waals surface area contributed by atoms with Crippen LogP contribution in [0.25, 0.3) is 0 Å². The van der Waals surface area contributed by atoms with Gasteiger partial charge in [0.05, 0.1) is 19.4 Å². The number of benzene rings is 1. The molecule has 1 aromatic carbocycles.